The summed E-state index contributed by atoms with van der Waals surface area (Å²) in [5, 5.41) is 1.96. The molecule has 0 aliphatic carbocycles. The maximum Gasteiger partial charge on any atom is 0.356 e. The molecule has 0 unspecified atom stereocenters. The fourth-order valence-electron chi connectivity index (χ4n) is 3.67. The molecule has 6 nitrogen and oxygen atoms in total. The fourth-order valence-corrected chi connectivity index (χ4v) is 3.67. The maximum atomic E-state index is 12.5. The van der Waals surface area contributed by atoms with E-state index in [1.54, 1.807) is 6.34 Å². The van der Waals surface area contributed by atoms with Crippen molar-refractivity contribution in [2.45, 2.75) is 33.2 Å². The molecule has 0 bridgehead atoms. The van der Waals surface area contributed by atoms with Gasteiger partial charge in [-0.25, -0.2) is 14.8 Å². The van der Waals surface area contributed by atoms with Gasteiger partial charge in [0, 0.05) is 18.5 Å². The number of esters is 1. The predicted octanol–water partition coefficient (Wildman–Crippen LogP) is 4.28. The van der Waals surface area contributed by atoms with Gasteiger partial charge in [0.05, 0.1) is 29.9 Å². The van der Waals surface area contributed by atoms with Crippen LogP contribution in [-0.2, 0) is 11.3 Å². The van der Waals surface area contributed by atoms with Gasteiger partial charge in [0.2, 0.25) is 0 Å². The summed E-state index contributed by atoms with van der Waals surface area (Å²) in [7, 11) is 1.41. The Morgan fingerprint density at radius 2 is 2.04 bits per heavy atom. The van der Waals surface area contributed by atoms with Gasteiger partial charge >= 0.3 is 5.97 Å². The Morgan fingerprint density at radius 1 is 1.23 bits per heavy atom. The molecular formula is C20H22N4O2. The van der Waals surface area contributed by atoms with Crippen LogP contribution in [0.5, 0.6) is 0 Å². The summed E-state index contributed by atoms with van der Waals surface area (Å²) in [6, 6.07) is 8.05. The van der Waals surface area contributed by atoms with Crippen molar-refractivity contribution < 1.29 is 9.53 Å². The van der Waals surface area contributed by atoms with Crippen LogP contribution >= 0.6 is 0 Å². The van der Waals surface area contributed by atoms with E-state index in [2.05, 4.69) is 16.8 Å². The van der Waals surface area contributed by atoms with E-state index in [0.29, 0.717) is 17.9 Å². The molecule has 4 rings (SSSR count). The number of hydrogen-bond donors (Lipinski definition) is 0. The Kier molecular flexibility index (Phi) is 4.11. The monoisotopic (exact) mass is 350 g/mol. The molecule has 26 heavy (non-hydrogen) atoms. The highest BCUT2D eigenvalue weighted by molar-refractivity contribution is 6.21. The number of anilines is 1. The van der Waals surface area contributed by atoms with Gasteiger partial charge in [0.1, 0.15) is 11.5 Å². The number of aryl methyl sites for hydroxylation is 1. The number of aliphatic imine (C=N–C) groups is 1. The first-order chi connectivity index (χ1) is 12.7. The number of benzene rings is 1. The molecule has 1 aliphatic heterocycles. The number of para-hydroxylation sites is 1. The van der Waals surface area contributed by atoms with Crippen LogP contribution in [0.1, 0.15) is 37.2 Å². The molecule has 0 amide bonds. The molecule has 1 aliphatic rings. The second-order valence-electron chi connectivity index (χ2n) is 6.40. The molecule has 0 fully saturated rings. The number of pyridine rings is 1. The van der Waals surface area contributed by atoms with E-state index in [-0.39, 0.29) is 5.97 Å². The molecule has 0 atom stereocenters. The first-order valence-electron chi connectivity index (χ1n) is 9.05. The number of unbranched alkanes of at least 4 members (excludes halogenated alkanes) is 1. The lowest BCUT2D eigenvalue weighted by Crippen LogP contribution is -2.25. The Balaban J connectivity index is 2.13. The third-order valence-corrected chi connectivity index (χ3v) is 4.89. The Labute approximate surface area is 152 Å². The fraction of sp³-hybridized carbons (Fsp3) is 0.350. The number of hydrogen-bond acceptors (Lipinski definition) is 5. The lowest BCUT2D eigenvalue weighted by molar-refractivity contribution is 0.0590. The van der Waals surface area contributed by atoms with Crippen LogP contribution in [-0.4, -0.2) is 35.5 Å². The van der Waals surface area contributed by atoms with Gasteiger partial charge in [-0.3, -0.25) is 0 Å². The molecule has 0 spiro atoms. The minimum Gasteiger partial charge on any atom is -0.464 e. The lowest BCUT2D eigenvalue weighted by atomic mass is 10.1. The zero-order valence-electron chi connectivity index (χ0n) is 15.3. The molecule has 3 aromatic rings. The molecule has 134 valence electrons. The van der Waals surface area contributed by atoms with Crippen LogP contribution in [0.15, 0.2) is 29.3 Å². The molecular weight excluding hydrogens is 328 g/mol. The van der Waals surface area contributed by atoms with E-state index < -0.39 is 0 Å². The minimum atomic E-state index is -0.368. The lowest BCUT2D eigenvalue weighted by Gasteiger charge is -2.23. The van der Waals surface area contributed by atoms with Gasteiger partial charge < -0.3 is 14.2 Å². The number of ether oxygens (including phenoxy) is 1. The standard InChI is InChI=1S/C20H22N4O2/c1-4-6-11-23-12-21-16-15-17(24(5-2)18(16)20(25)26-3)13-9-7-8-10-14(13)22-19(15)23/h7-10,12H,4-6,11H2,1-3H3. The van der Waals surface area contributed by atoms with Crippen molar-refractivity contribution in [1.29, 1.82) is 0 Å². The van der Waals surface area contributed by atoms with Crippen LogP contribution in [0.4, 0.5) is 11.5 Å². The average molecular weight is 350 g/mol. The van der Waals surface area contributed by atoms with Crippen molar-refractivity contribution in [2.24, 2.45) is 4.99 Å². The second kappa shape index (κ2) is 6.44. The van der Waals surface area contributed by atoms with Gasteiger partial charge in [0.15, 0.2) is 5.69 Å². The average Bonchev–Trinajstić information content (AvgIpc) is 3.02. The number of carbonyl (C=O) groups excluding carboxylic acids is 1. The van der Waals surface area contributed by atoms with Crippen molar-refractivity contribution in [1.82, 2.24) is 9.55 Å². The summed E-state index contributed by atoms with van der Waals surface area (Å²) < 4.78 is 7.06. The van der Waals surface area contributed by atoms with E-state index in [0.717, 1.165) is 47.0 Å². The number of methoxy groups -OCH3 is 1. The SMILES string of the molecule is CCCCN1C=Nc2c(C(=O)OC)n(CC)c3c2c1nc1ccccc13. The van der Waals surface area contributed by atoms with Gasteiger partial charge in [-0.15, -0.1) is 0 Å². The Hall–Kier alpha value is -2.89. The Morgan fingerprint density at radius 3 is 2.77 bits per heavy atom. The quantitative estimate of drug-likeness (QED) is 0.645. The molecule has 0 saturated heterocycles. The molecule has 6 heteroatoms. The number of carbonyl (C=O) groups is 1. The molecule has 1 aromatic carbocycles. The van der Waals surface area contributed by atoms with Crippen LogP contribution in [0, 0.1) is 0 Å². The van der Waals surface area contributed by atoms with Crippen LogP contribution in [0.3, 0.4) is 0 Å². The summed E-state index contributed by atoms with van der Waals surface area (Å²) in [5.41, 5.74) is 3.08. The predicted molar refractivity (Wildman–Crippen MR) is 105 cm³/mol. The van der Waals surface area contributed by atoms with Crippen molar-refractivity contribution in [3.8, 4) is 0 Å². The third-order valence-electron chi connectivity index (χ3n) is 4.89. The van der Waals surface area contributed by atoms with E-state index in [4.69, 9.17) is 9.72 Å². The molecule has 0 saturated carbocycles. The first kappa shape index (κ1) is 16.6. The van der Waals surface area contributed by atoms with Gasteiger partial charge in [-0.05, 0) is 19.4 Å². The highest BCUT2D eigenvalue weighted by atomic mass is 16.5. The largest absolute Gasteiger partial charge is 0.464 e. The van der Waals surface area contributed by atoms with Crippen molar-refractivity contribution in [3.63, 3.8) is 0 Å². The van der Waals surface area contributed by atoms with Crippen LogP contribution < -0.4 is 4.90 Å². The first-order valence-corrected chi connectivity index (χ1v) is 9.05. The zero-order valence-corrected chi connectivity index (χ0v) is 15.3. The number of nitrogens with zero attached hydrogens (tertiary/aromatic N) is 4. The van der Waals surface area contributed by atoms with Gasteiger partial charge in [-0.2, -0.15) is 0 Å². The summed E-state index contributed by atoms with van der Waals surface area (Å²) in [5.74, 6) is 0.502. The van der Waals surface area contributed by atoms with Crippen LogP contribution in [0.2, 0.25) is 0 Å². The van der Waals surface area contributed by atoms with Crippen molar-refractivity contribution >= 4 is 45.6 Å². The van der Waals surface area contributed by atoms with Crippen LogP contribution in [0.25, 0.3) is 21.8 Å². The second-order valence-corrected chi connectivity index (χ2v) is 6.40. The minimum absolute atomic E-state index is 0.368. The highest BCUT2D eigenvalue weighted by Crippen LogP contribution is 2.44. The van der Waals surface area contributed by atoms with E-state index >= 15 is 0 Å². The van der Waals surface area contributed by atoms with Gasteiger partial charge in [-0.1, -0.05) is 31.5 Å². The van der Waals surface area contributed by atoms with Gasteiger partial charge in [0.25, 0.3) is 0 Å². The number of rotatable bonds is 5. The van der Waals surface area contributed by atoms with E-state index in [9.17, 15) is 4.79 Å². The summed E-state index contributed by atoms with van der Waals surface area (Å²) in [6.45, 7) is 5.70. The van der Waals surface area contributed by atoms with E-state index in [1.807, 2.05) is 35.8 Å². The Bertz CT molecular complexity index is 1040. The number of fused-ring (bicyclic) bond motifs is 2. The molecule has 2 aromatic heterocycles. The smallest absolute Gasteiger partial charge is 0.356 e. The summed E-state index contributed by atoms with van der Waals surface area (Å²) in [6.07, 6.45) is 3.94. The number of aromatic nitrogens is 2. The topological polar surface area (TPSA) is 59.7 Å². The summed E-state index contributed by atoms with van der Waals surface area (Å²) >= 11 is 0. The zero-order chi connectivity index (χ0) is 18.3. The molecule has 0 N–H and O–H groups in total. The highest BCUT2D eigenvalue weighted by Gasteiger charge is 2.30. The third kappa shape index (κ3) is 2.29. The molecule has 0 radical (unpaired) electrons. The maximum absolute atomic E-state index is 12.5. The van der Waals surface area contributed by atoms with Crippen molar-refractivity contribution in [3.05, 3.63) is 30.0 Å². The van der Waals surface area contributed by atoms with Crippen molar-refractivity contribution in [2.75, 3.05) is 18.6 Å². The normalized spacial score (nSPS) is 13.0. The van der Waals surface area contributed by atoms with E-state index in [1.165, 1.54) is 7.11 Å². The molecule has 3 heterocycles. The summed E-state index contributed by atoms with van der Waals surface area (Å²) in [4.78, 5) is 24.1.